The van der Waals surface area contributed by atoms with Crippen molar-refractivity contribution in [1.29, 1.82) is 0 Å². The van der Waals surface area contributed by atoms with Crippen LogP contribution in [0.25, 0.3) is 0 Å². The SMILES string of the molecule is CC(C)c1cc(Oc2c(Cl)cc(C3=NN(C)C(=O)CC3=O)cc2Cl)nnc1Cl. The second-order valence-corrected chi connectivity index (χ2v) is 7.59. The molecule has 0 spiro atoms. The first-order valence-corrected chi connectivity index (χ1v) is 9.39. The van der Waals surface area contributed by atoms with E-state index < -0.39 is 5.78 Å². The Hall–Kier alpha value is -2.22. The van der Waals surface area contributed by atoms with Crippen LogP contribution >= 0.6 is 34.8 Å². The third-order valence-corrected chi connectivity index (χ3v) is 4.90. The van der Waals surface area contributed by atoms with Crippen molar-refractivity contribution in [3.63, 3.8) is 0 Å². The van der Waals surface area contributed by atoms with Crippen molar-refractivity contribution >= 4 is 52.2 Å². The lowest BCUT2D eigenvalue weighted by Gasteiger charge is -2.19. The van der Waals surface area contributed by atoms with E-state index in [-0.39, 0.29) is 45.6 Å². The fourth-order valence-electron chi connectivity index (χ4n) is 2.54. The van der Waals surface area contributed by atoms with Crippen LogP contribution in [0.1, 0.15) is 37.3 Å². The van der Waals surface area contributed by atoms with Crippen LogP contribution < -0.4 is 4.74 Å². The second-order valence-electron chi connectivity index (χ2n) is 6.42. The van der Waals surface area contributed by atoms with Crippen molar-refractivity contribution in [2.75, 3.05) is 7.05 Å². The summed E-state index contributed by atoms with van der Waals surface area (Å²) < 4.78 is 5.71. The summed E-state index contributed by atoms with van der Waals surface area (Å²) in [4.78, 5) is 23.7. The van der Waals surface area contributed by atoms with Gasteiger partial charge in [-0.3, -0.25) is 9.59 Å². The van der Waals surface area contributed by atoms with E-state index in [1.165, 1.54) is 19.2 Å². The third-order valence-electron chi connectivity index (χ3n) is 4.04. The third kappa shape index (κ3) is 4.11. The quantitative estimate of drug-likeness (QED) is 0.653. The molecule has 7 nitrogen and oxygen atoms in total. The number of halogens is 3. The number of Topliss-reactive ketones (excluding diaryl/α,β-unsaturated/α-hetero) is 1. The van der Waals surface area contributed by atoms with Crippen molar-refractivity contribution in [2.24, 2.45) is 5.10 Å². The molecule has 0 radical (unpaired) electrons. The maximum Gasteiger partial charge on any atom is 0.250 e. The number of hydrazone groups is 1. The molecule has 0 atom stereocenters. The molecule has 0 fully saturated rings. The molecule has 2 heterocycles. The van der Waals surface area contributed by atoms with E-state index in [0.29, 0.717) is 10.7 Å². The Morgan fingerprint density at radius 2 is 1.71 bits per heavy atom. The van der Waals surface area contributed by atoms with Gasteiger partial charge in [-0.25, -0.2) is 5.01 Å². The average molecular weight is 442 g/mol. The number of benzene rings is 1. The lowest BCUT2D eigenvalue weighted by molar-refractivity contribution is -0.133. The molecule has 0 unspecified atom stereocenters. The summed E-state index contributed by atoms with van der Waals surface area (Å²) in [7, 11) is 1.47. The molecule has 0 N–H and O–H groups in total. The van der Waals surface area contributed by atoms with Gasteiger partial charge >= 0.3 is 0 Å². The zero-order chi connectivity index (χ0) is 20.6. The van der Waals surface area contributed by atoms with Crippen molar-refractivity contribution in [3.8, 4) is 11.6 Å². The van der Waals surface area contributed by atoms with E-state index in [1.54, 1.807) is 6.07 Å². The van der Waals surface area contributed by atoms with Gasteiger partial charge in [0.15, 0.2) is 16.7 Å². The molecule has 28 heavy (non-hydrogen) atoms. The number of amides is 1. The Bertz CT molecular complexity index is 985. The lowest BCUT2D eigenvalue weighted by atomic mass is 10.0. The minimum atomic E-state index is -0.408. The first kappa shape index (κ1) is 20.5. The fraction of sp³-hybridized carbons (Fsp3) is 0.278. The molecule has 0 saturated heterocycles. The van der Waals surface area contributed by atoms with Crippen molar-refractivity contribution in [2.45, 2.75) is 26.2 Å². The van der Waals surface area contributed by atoms with Gasteiger partial charge in [-0.1, -0.05) is 48.7 Å². The predicted molar refractivity (Wildman–Crippen MR) is 107 cm³/mol. The molecular formula is C18H15Cl3N4O3. The molecule has 1 aromatic heterocycles. The van der Waals surface area contributed by atoms with Gasteiger partial charge in [-0.15, -0.1) is 10.2 Å². The summed E-state index contributed by atoms with van der Waals surface area (Å²) in [5, 5.41) is 13.5. The Morgan fingerprint density at radius 3 is 2.32 bits per heavy atom. The van der Waals surface area contributed by atoms with Crippen molar-refractivity contribution < 1.29 is 14.3 Å². The summed E-state index contributed by atoms with van der Waals surface area (Å²) in [6.07, 6.45) is -0.263. The molecule has 1 aliphatic rings. The number of aromatic nitrogens is 2. The molecule has 3 rings (SSSR count). The molecular weight excluding hydrogens is 427 g/mol. The summed E-state index contributed by atoms with van der Waals surface area (Å²) in [5.74, 6) is -0.330. The topological polar surface area (TPSA) is 84.8 Å². The average Bonchev–Trinajstić information content (AvgIpc) is 2.62. The molecule has 0 bridgehead atoms. The van der Waals surface area contributed by atoms with Crippen LogP contribution in [0.2, 0.25) is 15.2 Å². The van der Waals surface area contributed by atoms with Crippen LogP contribution in [0.5, 0.6) is 11.6 Å². The van der Waals surface area contributed by atoms with E-state index in [0.717, 1.165) is 10.6 Å². The largest absolute Gasteiger partial charge is 0.434 e. The molecule has 0 saturated carbocycles. The van der Waals surface area contributed by atoms with Gasteiger partial charge in [0.05, 0.1) is 16.5 Å². The summed E-state index contributed by atoms with van der Waals surface area (Å²) >= 11 is 18.7. The van der Waals surface area contributed by atoms with Crippen LogP contribution in [0.15, 0.2) is 23.3 Å². The lowest BCUT2D eigenvalue weighted by Crippen LogP contribution is -2.35. The Kier molecular flexibility index (Phi) is 5.88. The maximum atomic E-state index is 12.2. The normalized spacial score (nSPS) is 14.5. The van der Waals surface area contributed by atoms with Crippen molar-refractivity contribution in [1.82, 2.24) is 15.2 Å². The van der Waals surface area contributed by atoms with Gasteiger partial charge in [0.1, 0.15) is 5.71 Å². The molecule has 1 aromatic carbocycles. The van der Waals surface area contributed by atoms with E-state index in [4.69, 9.17) is 39.5 Å². The number of hydrogen-bond donors (Lipinski definition) is 0. The molecule has 146 valence electrons. The number of carbonyl (C=O) groups excluding carboxylic acids is 2. The molecule has 2 aromatic rings. The smallest absolute Gasteiger partial charge is 0.250 e. The summed E-state index contributed by atoms with van der Waals surface area (Å²) in [6, 6.07) is 4.65. The van der Waals surface area contributed by atoms with Crippen LogP contribution in [-0.4, -0.2) is 39.7 Å². The molecule has 1 amide bonds. The van der Waals surface area contributed by atoms with Gasteiger partial charge < -0.3 is 4.74 Å². The van der Waals surface area contributed by atoms with Gasteiger partial charge in [-0.05, 0) is 23.6 Å². The fourth-order valence-corrected chi connectivity index (χ4v) is 3.42. The number of ether oxygens (including phenoxy) is 1. The van der Waals surface area contributed by atoms with Crippen LogP contribution in [0.3, 0.4) is 0 Å². The first-order chi connectivity index (χ1) is 13.2. The predicted octanol–water partition coefficient (Wildman–Crippen LogP) is 4.49. The minimum absolute atomic E-state index is 0.103. The van der Waals surface area contributed by atoms with Crippen LogP contribution in [0, 0.1) is 0 Å². The maximum absolute atomic E-state index is 12.2. The highest BCUT2D eigenvalue weighted by molar-refractivity contribution is 6.50. The van der Waals surface area contributed by atoms with E-state index in [9.17, 15) is 9.59 Å². The van der Waals surface area contributed by atoms with Crippen molar-refractivity contribution in [3.05, 3.63) is 44.5 Å². The zero-order valence-electron chi connectivity index (χ0n) is 15.2. The highest BCUT2D eigenvalue weighted by atomic mass is 35.5. The first-order valence-electron chi connectivity index (χ1n) is 8.26. The van der Waals surface area contributed by atoms with Crippen LogP contribution in [-0.2, 0) is 9.59 Å². The highest BCUT2D eigenvalue weighted by Crippen LogP contribution is 2.38. The van der Waals surface area contributed by atoms with Gasteiger partial charge in [0, 0.05) is 18.7 Å². The monoisotopic (exact) mass is 440 g/mol. The number of carbonyl (C=O) groups is 2. The second kappa shape index (κ2) is 8.03. The summed E-state index contributed by atoms with van der Waals surface area (Å²) in [5.41, 5.74) is 1.26. The Labute approximate surface area is 176 Å². The number of hydrogen-bond acceptors (Lipinski definition) is 6. The zero-order valence-corrected chi connectivity index (χ0v) is 17.4. The molecule has 1 aliphatic heterocycles. The van der Waals surface area contributed by atoms with Gasteiger partial charge in [0.25, 0.3) is 0 Å². The van der Waals surface area contributed by atoms with Crippen LogP contribution in [0.4, 0.5) is 0 Å². The Balaban J connectivity index is 1.95. The van der Waals surface area contributed by atoms with E-state index in [1.807, 2.05) is 13.8 Å². The minimum Gasteiger partial charge on any atom is -0.434 e. The summed E-state index contributed by atoms with van der Waals surface area (Å²) in [6.45, 7) is 3.93. The number of rotatable bonds is 4. The highest BCUT2D eigenvalue weighted by Gasteiger charge is 2.27. The van der Waals surface area contributed by atoms with E-state index >= 15 is 0 Å². The van der Waals surface area contributed by atoms with Gasteiger partial charge in [-0.2, -0.15) is 5.10 Å². The number of ketones is 1. The molecule has 10 heteroatoms. The van der Waals surface area contributed by atoms with Gasteiger partial charge in [0.2, 0.25) is 11.8 Å². The number of nitrogens with zero attached hydrogens (tertiary/aromatic N) is 4. The van der Waals surface area contributed by atoms with E-state index in [2.05, 4.69) is 15.3 Å². The standard InChI is InChI=1S/C18H15Cl3N4O3/c1-8(2)10-6-14(22-23-18(10)21)28-17-11(19)4-9(5-12(17)20)16-13(26)7-15(27)25(3)24-16/h4-6,8H,7H2,1-3H3. The molecule has 0 aliphatic carbocycles. The Morgan fingerprint density at radius 1 is 1.07 bits per heavy atom.